The number of aromatic amines is 1. The number of anilines is 1. The number of carbonyl (C=O) groups excluding carboxylic acids is 1. The zero-order chi connectivity index (χ0) is 17.1. The van der Waals surface area contributed by atoms with Gasteiger partial charge in [0.15, 0.2) is 0 Å². The Balaban J connectivity index is 1.84. The number of carbonyl (C=O) groups is 1. The first-order valence-corrected chi connectivity index (χ1v) is 9.26. The van der Waals surface area contributed by atoms with Gasteiger partial charge in [-0.05, 0) is 57.0 Å². The molecule has 1 aromatic carbocycles. The van der Waals surface area contributed by atoms with E-state index in [-0.39, 0.29) is 5.91 Å². The Hall–Kier alpha value is -1.81. The van der Waals surface area contributed by atoms with E-state index in [2.05, 4.69) is 52.9 Å². The molecule has 0 unspecified atom stereocenters. The number of rotatable bonds is 5. The molecule has 0 atom stereocenters. The fourth-order valence-corrected chi connectivity index (χ4v) is 3.86. The van der Waals surface area contributed by atoms with Crippen molar-refractivity contribution in [1.29, 1.82) is 0 Å². The van der Waals surface area contributed by atoms with Crippen molar-refractivity contribution in [2.75, 3.05) is 24.5 Å². The van der Waals surface area contributed by atoms with Crippen LogP contribution in [-0.4, -0.2) is 41.5 Å². The molecule has 24 heavy (non-hydrogen) atoms. The number of piperidine rings is 1. The smallest absolute Gasteiger partial charge is 0.226 e. The molecule has 2 aromatic rings. The third-order valence-corrected chi connectivity index (χ3v) is 5.05. The van der Waals surface area contributed by atoms with Crippen molar-refractivity contribution in [3.8, 4) is 0 Å². The van der Waals surface area contributed by atoms with Crippen molar-refractivity contribution in [1.82, 2.24) is 9.88 Å². The van der Waals surface area contributed by atoms with Crippen LogP contribution in [0.4, 0.5) is 5.69 Å². The molecule has 4 nitrogen and oxygen atoms in total. The van der Waals surface area contributed by atoms with E-state index in [4.69, 9.17) is 0 Å². The Morgan fingerprint density at radius 1 is 1.25 bits per heavy atom. The van der Waals surface area contributed by atoms with Gasteiger partial charge in [-0.25, -0.2) is 0 Å². The summed E-state index contributed by atoms with van der Waals surface area (Å²) < 4.78 is 0. The van der Waals surface area contributed by atoms with Crippen LogP contribution < -0.4 is 4.90 Å². The van der Waals surface area contributed by atoms with Crippen molar-refractivity contribution in [3.05, 3.63) is 30.0 Å². The number of aromatic nitrogens is 1. The fourth-order valence-electron chi connectivity index (χ4n) is 3.86. The molecule has 1 aliphatic heterocycles. The topological polar surface area (TPSA) is 39.3 Å². The number of fused-ring (bicyclic) bond motifs is 1. The molecule has 1 saturated heterocycles. The Bertz CT molecular complexity index is 698. The molecular formula is C20H29N3O. The molecule has 1 fully saturated rings. The fraction of sp³-hybridized carbons (Fsp3) is 0.550. The van der Waals surface area contributed by atoms with Gasteiger partial charge in [-0.3, -0.25) is 4.79 Å². The number of nitrogens with zero attached hydrogens (tertiary/aromatic N) is 2. The Labute approximate surface area is 144 Å². The van der Waals surface area contributed by atoms with Crippen molar-refractivity contribution in [2.45, 2.75) is 52.5 Å². The minimum absolute atomic E-state index is 0.232. The van der Waals surface area contributed by atoms with Crippen LogP contribution in [0.25, 0.3) is 10.9 Å². The first-order chi connectivity index (χ1) is 11.6. The van der Waals surface area contributed by atoms with Gasteiger partial charge >= 0.3 is 0 Å². The number of H-pyrrole nitrogens is 1. The van der Waals surface area contributed by atoms with E-state index in [1.165, 1.54) is 18.4 Å². The summed E-state index contributed by atoms with van der Waals surface area (Å²) in [4.78, 5) is 20.6. The van der Waals surface area contributed by atoms with Gasteiger partial charge in [0.2, 0.25) is 5.91 Å². The highest BCUT2D eigenvalue weighted by Gasteiger charge is 2.28. The maximum absolute atomic E-state index is 12.7. The maximum atomic E-state index is 12.7. The number of hydrogen-bond acceptors (Lipinski definition) is 2. The first kappa shape index (κ1) is 17.0. The number of amides is 1. The molecule has 0 saturated carbocycles. The van der Waals surface area contributed by atoms with Gasteiger partial charge in [0.1, 0.15) is 0 Å². The van der Waals surface area contributed by atoms with E-state index in [9.17, 15) is 4.79 Å². The van der Waals surface area contributed by atoms with Crippen molar-refractivity contribution in [3.63, 3.8) is 0 Å². The van der Waals surface area contributed by atoms with Crippen LogP contribution in [0.5, 0.6) is 0 Å². The molecule has 4 heteroatoms. The summed E-state index contributed by atoms with van der Waals surface area (Å²) in [6.07, 6.45) is 3.89. The standard InChI is InChI=1S/C20H29N3O/c1-4-10-22-11-8-17(9-12-22)23(20(24)5-2)18-6-7-19-16(14-18)13-15(3)21-19/h6-7,13-14,17,21H,4-5,8-12H2,1-3H3. The lowest BCUT2D eigenvalue weighted by Crippen LogP contribution is -2.47. The SMILES string of the molecule is CCCN1CCC(N(C(=O)CC)c2ccc3[nH]c(C)cc3c2)CC1. The van der Waals surface area contributed by atoms with Gasteiger partial charge < -0.3 is 14.8 Å². The van der Waals surface area contributed by atoms with Crippen LogP contribution in [0.15, 0.2) is 24.3 Å². The molecule has 130 valence electrons. The van der Waals surface area contributed by atoms with Gasteiger partial charge in [0.25, 0.3) is 0 Å². The predicted octanol–water partition coefficient (Wildman–Crippen LogP) is 4.09. The molecule has 0 spiro atoms. The molecule has 3 rings (SSSR count). The van der Waals surface area contributed by atoms with Crippen LogP contribution >= 0.6 is 0 Å². The number of hydrogen-bond donors (Lipinski definition) is 1. The van der Waals surface area contributed by atoms with Gasteiger partial charge in [0.05, 0.1) is 0 Å². The van der Waals surface area contributed by atoms with Crippen LogP contribution in [0.2, 0.25) is 0 Å². The molecule has 0 aliphatic carbocycles. The monoisotopic (exact) mass is 327 g/mol. The lowest BCUT2D eigenvalue weighted by Gasteiger charge is -2.38. The Kier molecular flexibility index (Phi) is 5.24. The van der Waals surface area contributed by atoms with E-state index in [1.807, 2.05) is 6.92 Å². The van der Waals surface area contributed by atoms with Crippen LogP contribution in [0.1, 0.15) is 45.2 Å². The number of benzene rings is 1. The van der Waals surface area contributed by atoms with Crippen LogP contribution in [0.3, 0.4) is 0 Å². The minimum Gasteiger partial charge on any atom is -0.359 e. The van der Waals surface area contributed by atoms with Crippen LogP contribution in [-0.2, 0) is 4.79 Å². The highest BCUT2D eigenvalue weighted by atomic mass is 16.2. The van der Waals surface area contributed by atoms with Gasteiger partial charge in [-0.1, -0.05) is 13.8 Å². The van der Waals surface area contributed by atoms with E-state index >= 15 is 0 Å². The second-order valence-corrected chi connectivity index (χ2v) is 6.91. The zero-order valence-corrected chi connectivity index (χ0v) is 15.1. The van der Waals surface area contributed by atoms with Crippen molar-refractivity contribution in [2.24, 2.45) is 0 Å². The summed E-state index contributed by atoms with van der Waals surface area (Å²) in [5, 5.41) is 1.18. The second kappa shape index (κ2) is 7.39. The summed E-state index contributed by atoms with van der Waals surface area (Å²) >= 11 is 0. The quantitative estimate of drug-likeness (QED) is 0.898. The molecule has 1 aliphatic rings. The summed E-state index contributed by atoms with van der Waals surface area (Å²) in [5.74, 6) is 0.232. The molecule has 2 heterocycles. The summed E-state index contributed by atoms with van der Waals surface area (Å²) in [5.41, 5.74) is 3.34. The summed E-state index contributed by atoms with van der Waals surface area (Å²) in [7, 11) is 0. The van der Waals surface area contributed by atoms with Gasteiger partial charge in [-0.15, -0.1) is 0 Å². The highest BCUT2D eigenvalue weighted by Crippen LogP contribution is 2.28. The lowest BCUT2D eigenvalue weighted by atomic mass is 10.0. The number of aryl methyl sites for hydroxylation is 1. The van der Waals surface area contributed by atoms with Crippen molar-refractivity contribution >= 4 is 22.5 Å². The van der Waals surface area contributed by atoms with Crippen molar-refractivity contribution < 1.29 is 4.79 Å². The maximum Gasteiger partial charge on any atom is 0.226 e. The first-order valence-electron chi connectivity index (χ1n) is 9.26. The van der Waals surface area contributed by atoms with Crippen LogP contribution in [0, 0.1) is 6.92 Å². The number of likely N-dealkylation sites (tertiary alicyclic amines) is 1. The highest BCUT2D eigenvalue weighted by molar-refractivity contribution is 5.96. The Morgan fingerprint density at radius 2 is 2.00 bits per heavy atom. The van der Waals surface area contributed by atoms with E-state index in [0.29, 0.717) is 12.5 Å². The second-order valence-electron chi connectivity index (χ2n) is 6.91. The molecule has 1 N–H and O–H groups in total. The minimum atomic E-state index is 0.232. The number of nitrogens with one attached hydrogen (secondary N) is 1. The average molecular weight is 327 g/mol. The Morgan fingerprint density at radius 3 is 2.67 bits per heavy atom. The van der Waals surface area contributed by atoms with Gasteiger partial charge in [-0.2, -0.15) is 0 Å². The molecule has 0 bridgehead atoms. The largest absolute Gasteiger partial charge is 0.359 e. The van der Waals surface area contributed by atoms with Gasteiger partial charge in [0, 0.05) is 47.8 Å². The third-order valence-electron chi connectivity index (χ3n) is 5.05. The summed E-state index contributed by atoms with van der Waals surface area (Å²) in [6.45, 7) is 9.61. The molecular weight excluding hydrogens is 298 g/mol. The summed E-state index contributed by atoms with van der Waals surface area (Å²) in [6, 6.07) is 8.81. The normalized spacial score (nSPS) is 16.6. The molecule has 1 aromatic heterocycles. The molecule has 0 radical (unpaired) electrons. The zero-order valence-electron chi connectivity index (χ0n) is 15.1. The van der Waals surface area contributed by atoms with E-state index < -0.39 is 0 Å². The average Bonchev–Trinajstić information content (AvgIpc) is 2.96. The van der Waals surface area contributed by atoms with E-state index in [1.54, 1.807) is 0 Å². The predicted molar refractivity (Wildman–Crippen MR) is 101 cm³/mol. The third kappa shape index (κ3) is 3.48. The molecule has 1 amide bonds. The lowest BCUT2D eigenvalue weighted by molar-refractivity contribution is -0.119. The van der Waals surface area contributed by atoms with E-state index in [0.717, 1.165) is 42.8 Å².